The van der Waals surface area contributed by atoms with Gasteiger partial charge in [-0.05, 0) is 14.1 Å². The lowest BCUT2D eigenvalue weighted by Gasteiger charge is -2.12. The molecular weight excluding hydrogens is 340 g/mol. The highest BCUT2D eigenvalue weighted by atomic mass is 32.2. The third-order valence-electron chi connectivity index (χ3n) is 2.55. The molecule has 23 heavy (non-hydrogen) atoms. The lowest BCUT2D eigenvalue weighted by atomic mass is 10.5. The van der Waals surface area contributed by atoms with Crippen LogP contribution in [0.25, 0.3) is 0 Å². The van der Waals surface area contributed by atoms with Crippen LogP contribution in [-0.2, 0) is 12.3 Å². The Labute approximate surface area is 142 Å². The summed E-state index contributed by atoms with van der Waals surface area (Å²) in [4.78, 5) is 26.9. The van der Waals surface area contributed by atoms with Crippen molar-refractivity contribution in [3.8, 4) is 0 Å². The van der Waals surface area contributed by atoms with Gasteiger partial charge in [-0.15, -0.1) is 16.2 Å². The van der Waals surface area contributed by atoms with Crippen LogP contribution in [0.3, 0.4) is 0 Å². The minimum atomic E-state index is -0.626. The summed E-state index contributed by atoms with van der Waals surface area (Å²) < 4.78 is 0. The second-order valence-corrected chi connectivity index (χ2v) is 6.90. The molecule has 0 unspecified atom stereocenters. The van der Waals surface area contributed by atoms with E-state index in [9.17, 15) is 15.0 Å². The van der Waals surface area contributed by atoms with E-state index in [-0.39, 0.29) is 5.82 Å². The van der Waals surface area contributed by atoms with Crippen LogP contribution in [-0.4, -0.2) is 53.3 Å². The average molecular weight is 360 g/mol. The lowest BCUT2D eigenvalue weighted by molar-refractivity contribution is -0.404. The number of rotatable bonds is 11. The third-order valence-corrected chi connectivity index (χ3v) is 4.43. The highest BCUT2D eigenvalue weighted by Gasteiger charge is 2.09. The summed E-state index contributed by atoms with van der Waals surface area (Å²) in [6.45, 7) is 1.32. The first-order chi connectivity index (χ1) is 10.9. The molecule has 0 aliphatic heterocycles. The van der Waals surface area contributed by atoms with Gasteiger partial charge in [0, 0.05) is 37.0 Å². The monoisotopic (exact) mass is 360 g/mol. The van der Waals surface area contributed by atoms with Crippen LogP contribution in [0.4, 0.5) is 0 Å². The number of nitrogens with zero attached hydrogens (tertiary/aromatic N) is 5. The number of thiazole rings is 1. The molecule has 0 amide bonds. The molecule has 11 heteroatoms. The second-order valence-electron chi connectivity index (χ2n) is 4.85. The highest BCUT2D eigenvalue weighted by molar-refractivity contribution is 7.98. The molecule has 0 spiro atoms. The average Bonchev–Trinajstić information content (AvgIpc) is 2.91. The molecule has 0 aromatic carbocycles. The van der Waals surface area contributed by atoms with Crippen LogP contribution in [0.2, 0.25) is 0 Å². The van der Waals surface area contributed by atoms with E-state index in [0.29, 0.717) is 6.54 Å². The Morgan fingerprint density at radius 2 is 2.30 bits per heavy atom. The number of hydrogen-bond donors (Lipinski definition) is 1. The van der Waals surface area contributed by atoms with Crippen molar-refractivity contribution in [2.24, 2.45) is 5.29 Å². The molecule has 9 nitrogen and oxygen atoms in total. The molecule has 0 atom stereocenters. The standard InChI is InChI=1S/C12H20N6O3S2/c1-16(2)7-12-14-10(9-23-12)8-22-5-4-13-11(6-18(20)21)17(3)15-19/h6,9,13H,4-5,7-8H2,1-3H3. The quantitative estimate of drug-likeness (QED) is 0.275. The summed E-state index contributed by atoms with van der Waals surface area (Å²) in [6, 6.07) is 0. The van der Waals surface area contributed by atoms with Gasteiger partial charge in [0.1, 0.15) is 5.01 Å². The maximum Gasteiger partial charge on any atom is 0.276 e. The van der Waals surface area contributed by atoms with Crippen molar-refractivity contribution in [1.82, 2.24) is 20.2 Å². The van der Waals surface area contributed by atoms with Crippen LogP contribution in [0.1, 0.15) is 10.7 Å². The smallest absolute Gasteiger partial charge is 0.276 e. The molecule has 1 aromatic rings. The van der Waals surface area contributed by atoms with Gasteiger partial charge in [0.15, 0.2) is 5.82 Å². The summed E-state index contributed by atoms with van der Waals surface area (Å²) in [5.74, 6) is 1.57. The number of nitro groups is 1. The maximum absolute atomic E-state index is 10.5. The van der Waals surface area contributed by atoms with Gasteiger partial charge >= 0.3 is 0 Å². The van der Waals surface area contributed by atoms with E-state index in [4.69, 9.17) is 0 Å². The Hall–Kier alpha value is -1.72. The number of thioether (sulfide) groups is 1. The lowest BCUT2D eigenvalue weighted by Crippen LogP contribution is -2.27. The summed E-state index contributed by atoms with van der Waals surface area (Å²) in [7, 11) is 5.36. The SMILES string of the molecule is CN(C)Cc1nc(CSCCNC(=C[N+](=O)[O-])N(C)N=O)cs1. The molecule has 0 saturated carbocycles. The minimum absolute atomic E-state index is 0.0625. The van der Waals surface area contributed by atoms with Crippen molar-refractivity contribution in [1.29, 1.82) is 0 Å². The summed E-state index contributed by atoms with van der Waals surface area (Å²) in [5.41, 5.74) is 1.03. The van der Waals surface area contributed by atoms with Crippen molar-refractivity contribution < 1.29 is 4.92 Å². The number of nitroso groups, excluding NO2 is 1. The maximum atomic E-state index is 10.5. The van der Waals surface area contributed by atoms with Gasteiger partial charge in [-0.1, -0.05) is 0 Å². The zero-order valence-electron chi connectivity index (χ0n) is 13.3. The molecule has 0 saturated heterocycles. The zero-order valence-corrected chi connectivity index (χ0v) is 14.9. The van der Waals surface area contributed by atoms with E-state index in [1.807, 2.05) is 19.5 Å². The van der Waals surface area contributed by atoms with E-state index in [1.165, 1.54) is 7.05 Å². The third kappa shape index (κ3) is 7.90. The molecule has 128 valence electrons. The van der Waals surface area contributed by atoms with Crippen LogP contribution in [0, 0.1) is 15.0 Å². The highest BCUT2D eigenvalue weighted by Crippen LogP contribution is 2.16. The van der Waals surface area contributed by atoms with E-state index >= 15 is 0 Å². The van der Waals surface area contributed by atoms with Gasteiger partial charge in [0.05, 0.1) is 15.9 Å². The van der Waals surface area contributed by atoms with Crippen molar-refractivity contribution >= 4 is 23.1 Å². The Morgan fingerprint density at radius 3 is 2.91 bits per heavy atom. The number of hydrogen-bond acceptors (Lipinski definition) is 9. The predicted octanol–water partition coefficient (Wildman–Crippen LogP) is 1.72. The normalized spacial score (nSPS) is 11.6. The molecule has 1 N–H and O–H groups in total. The van der Waals surface area contributed by atoms with E-state index in [2.05, 4.69) is 20.5 Å². The van der Waals surface area contributed by atoms with Crippen molar-refractivity contribution in [2.75, 3.05) is 33.4 Å². The van der Waals surface area contributed by atoms with Crippen molar-refractivity contribution in [3.63, 3.8) is 0 Å². The molecule has 0 bridgehead atoms. The van der Waals surface area contributed by atoms with Crippen molar-refractivity contribution in [3.05, 3.63) is 43.1 Å². The molecule has 0 aliphatic carbocycles. The fourth-order valence-electron chi connectivity index (χ4n) is 1.57. The fraction of sp³-hybridized carbons (Fsp3) is 0.583. The predicted molar refractivity (Wildman–Crippen MR) is 92.3 cm³/mol. The Balaban J connectivity index is 2.32. The van der Waals surface area contributed by atoms with Crippen molar-refractivity contribution in [2.45, 2.75) is 12.3 Å². The summed E-state index contributed by atoms with van der Waals surface area (Å²) in [6.07, 6.45) is 0.722. The van der Waals surface area contributed by atoms with Crippen LogP contribution in [0.5, 0.6) is 0 Å². The van der Waals surface area contributed by atoms with E-state index < -0.39 is 4.92 Å². The molecule has 1 rings (SSSR count). The Morgan fingerprint density at radius 1 is 1.57 bits per heavy atom. The van der Waals surface area contributed by atoms with E-state index in [1.54, 1.807) is 23.1 Å². The zero-order chi connectivity index (χ0) is 17.2. The molecule has 1 heterocycles. The second kappa shape index (κ2) is 10.1. The molecule has 0 radical (unpaired) electrons. The molecule has 0 fully saturated rings. The minimum Gasteiger partial charge on any atom is -0.364 e. The number of aromatic nitrogens is 1. The number of nitrogens with one attached hydrogen (secondary N) is 1. The largest absolute Gasteiger partial charge is 0.364 e. The van der Waals surface area contributed by atoms with Crippen LogP contribution >= 0.6 is 23.1 Å². The first-order valence-corrected chi connectivity index (χ1v) is 8.77. The van der Waals surface area contributed by atoms with Gasteiger partial charge < -0.3 is 10.2 Å². The van der Waals surface area contributed by atoms with Crippen LogP contribution < -0.4 is 5.32 Å². The van der Waals surface area contributed by atoms with E-state index in [0.717, 1.165) is 40.0 Å². The van der Waals surface area contributed by atoms with Gasteiger partial charge in [-0.3, -0.25) is 10.1 Å². The first kappa shape index (κ1) is 19.3. The van der Waals surface area contributed by atoms with Crippen LogP contribution in [0.15, 0.2) is 22.7 Å². The first-order valence-electron chi connectivity index (χ1n) is 6.74. The Kier molecular flexibility index (Phi) is 8.51. The molecule has 1 aromatic heterocycles. The summed E-state index contributed by atoms with van der Waals surface area (Å²) >= 11 is 3.30. The molecule has 0 aliphatic rings. The topological polar surface area (TPSA) is 104 Å². The molecular formula is C12H20N6O3S2. The van der Waals surface area contributed by atoms with Gasteiger partial charge in [0.25, 0.3) is 6.20 Å². The van der Waals surface area contributed by atoms with Gasteiger partial charge in [0.2, 0.25) is 0 Å². The Bertz CT molecular complexity index is 549. The van der Waals surface area contributed by atoms with Gasteiger partial charge in [-0.25, -0.2) is 9.99 Å². The summed E-state index contributed by atoms with van der Waals surface area (Å²) in [5, 5.41) is 20.0. The van der Waals surface area contributed by atoms with Gasteiger partial charge in [-0.2, -0.15) is 11.8 Å². The fourth-order valence-corrected chi connectivity index (χ4v) is 3.34.